The van der Waals surface area contributed by atoms with E-state index >= 15 is 0 Å². The molecule has 2 aromatic carbocycles. The van der Waals surface area contributed by atoms with Gasteiger partial charge >= 0.3 is 0 Å². The second-order valence-electron chi connectivity index (χ2n) is 8.56. The Morgan fingerprint density at radius 1 is 1.06 bits per heavy atom. The van der Waals surface area contributed by atoms with E-state index in [1.807, 2.05) is 43.3 Å². The van der Waals surface area contributed by atoms with Gasteiger partial charge < -0.3 is 9.47 Å². The normalized spacial score (nSPS) is 20.7. The molecule has 1 aromatic heterocycles. The molecule has 2 atom stereocenters. The van der Waals surface area contributed by atoms with Gasteiger partial charge in [0.2, 0.25) is 0 Å². The van der Waals surface area contributed by atoms with Gasteiger partial charge in [0.25, 0.3) is 5.91 Å². The standard InChI is InChI=1S/C27H27N3O3S/c1-17-26(34-16-28-17)27(31)30-25(19-9-13-22(33-3)14-10-19)23-6-4-5-20(24(23)29-30)15-18-7-11-21(32-2)12-8-18/h7-16,23,25H,4-6H2,1-3H3/b20-15+/t23-,25+/m1/s1. The smallest absolute Gasteiger partial charge is 0.286 e. The van der Waals surface area contributed by atoms with E-state index in [-0.39, 0.29) is 17.9 Å². The summed E-state index contributed by atoms with van der Waals surface area (Å²) in [6, 6.07) is 15.9. The molecule has 0 bridgehead atoms. The zero-order valence-electron chi connectivity index (χ0n) is 19.5. The number of aryl methyl sites for hydroxylation is 1. The number of carbonyl (C=O) groups excluding carboxylic acids is 1. The number of hydrogen-bond acceptors (Lipinski definition) is 6. The number of hydrogen-bond donors (Lipinski definition) is 0. The molecular weight excluding hydrogens is 446 g/mol. The van der Waals surface area contributed by atoms with Crippen molar-refractivity contribution in [3.05, 3.63) is 81.3 Å². The Kier molecular flexibility index (Phi) is 6.20. The second-order valence-corrected chi connectivity index (χ2v) is 9.42. The van der Waals surface area contributed by atoms with Crippen molar-refractivity contribution in [2.75, 3.05) is 14.2 Å². The molecular formula is C27H27N3O3S. The highest BCUT2D eigenvalue weighted by molar-refractivity contribution is 7.11. The SMILES string of the molecule is COc1ccc(/C=C2\CCC[C@@H]3C2=NN(C(=O)c2scnc2C)[C@H]3c2ccc(OC)cc2)cc1. The molecule has 0 unspecified atom stereocenters. The van der Waals surface area contributed by atoms with Crippen LogP contribution >= 0.6 is 11.3 Å². The summed E-state index contributed by atoms with van der Waals surface area (Å²) >= 11 is 1.37. The van der Waals surface area contributed by atoms with E-state index in [0.717, 1.165) is 53.3 Å². The van der Waals surface area contributed by atoms with E-state index in [1.54, 1.807) is 24.7 Å². The summed E-state index contributed by atoms with van der Waals surface area (Å²) in [5.74, 6) is 1.68. The predicted molar refractivity (Wildman–Crippen MR) is 135 cm³/mol. The Balaban J connectivity index is 1.55. The number of methoxy groups -OCH3 is 2. The van der Waals surface area contributed by atoms with E-state index in [9.17, 15) is 4.79 Å². The Hall–Kier alpha value is -3.45. The molecule has 1 saturated carbocycles. The lowest BCUT2D eigenvalue weighted by Crippen LogP contribution is -2.31. The molecule has 0 radical (unpaired) electrons. The van der Waals surface area contributed by atoms with Crippen molar-refractivity contribution in [3.8, 4) is 11.5 Å². The number of fused-ring (bicyclic) bond motifs is 1. The van der Waals surface area contributed by atoms with Gasteiger partial charge in [-0.1, -0.05) is 24.3 Å². The summed E-state index contributed by atoms with van der Waals surface area (Å²) in [6.07, 6.45) is 5.18. The van der Waals surface area contributed by atoms with Crippen LogP contribution in [0.15, 0.2) is 64.7 Å². The van der Waals surface area contributed by atoms with Crippen LogP contribution in [0.3, 0.4) is 0 Å². The Bertz CT molecular complexity index is 1240. The molecule has 0 saturated heterocycles. The molecule has 5 rings (SSSR count). The summed E-state index contributed by atoms with van der Waals surface area (Å²) in [5, 5.41) is 6.66. The highest BCUT2D eigenvalue weighted by atomic mass is 32.1. The van der Waals surface area contributed by atoms with Crippen molar-refractivity contribution >= 4 is 29.0 Å². The molecule has 1 aliphatic carbocycles. The monoisotopic (exact) mass is 473 g/mol. The highest BCUT2D eigenvalue weighted by Crippen LogP contribution is 2.45. The molecule has 1 aliphatic heterocycles. The maximum atomic E-state index is 13.6. The van der Waals surface area contributed by atoms with E-state index in [2.05, 4.69) is 23.2 Å². The number of carbonyl (C=O) groups is 1. The number of benzene rings is 2. The maximum Gasteiger partial charge on any atom is 0.286 e. The lowest BCUT2D eigenvalue weighted by atomic mass is 9.77. The fraction of sp³-hybridized carbons (Fsp3) is 0.296. The van der Waals surface area contributed by atoms with E-state index in [0.29, 0.717) is 4.88 Å². The topological polar surface area (TPSA) is 64.0 Å². The lowest BCUT2D eigenvalue weighted by Gasteiger charge is -2.29. The number of ether oxygens (including phenoxy) is 2. The molecule has 174 valence electrons. The van der Waals surface area contributed by atoms with Crippen molar-refractivity contribution in [1.82, 2.24) is 9.99 Å². The van der Waals surface area contributed by atoms with Crippen molar-refractivity contribution in [2.24, 2.45) is 11.0 Å². The largest absolute Gasteiger partial charge is 0.497 e. The average Bonchev–Trinajstić information content (AvgIpc) is 3.48. The van der Waals surface area contributed by atoms with Crippen molar-refractivity contribution in [3.63, 3.8) is 0 Å². The van der Waals surface area contributed by atoms with Gasteiger partial charge in [-0.05, 0) is 73.2 Å². The summed E-state index contributed by atoms with van der Waals surface area (Å²) in [4.78, 5) is 18.6. The van der Waals surface area contributed by atoms with Gasteiger partial charge in [-0.15, -0.1) is 11.3 Å². The van der Waals surface area contributed by atoms with E-state index < -0.39 is 0 Å². The minimum atomic E-state index is -0.158. The van der Waals surface area contributed by atoms with E-state index in [4.69, 9.17) is 14.6 Å². The minimum Gasteiger partial charge on any atom is -0.497 e. The van der Waals surface area contributed by atoms with Crippen LogP contribution < -0.4 is 9.47 Å². The van der Waals surface area contributed by atoms with Crippen LogP contribution in [0.25, 0.3) is 6.08 Å². The summed E-state index contributed by atoms with van der Waals surface area (Å²) in [7, 11) is 3.33. The third kappa shape index (κ3) is 4.12. The first-order valence-electron chi connectivity index (χ1n) is 11.4. The maximum absolute atomic E-state index is 13.6. The van der Waals surface area contributed by atoms with Gasteiger partial charge in [0, 0.05) is 5.92 Å². The number of rotatable bonds is 5. The number of hydrazone groups is 1. The molecule has 1 fully saturated rings. The predicted octanol–water partition coefficient (Wildman–Crippen LogP) is 5.91. The van der Waals surface area contributed by atoms with Gasteiger partial charge in [0.15, 0.2) is 0 Å². The first-order valence-corrected chi connectivity index (χ1v) is 12.3. The number of thiazole rings is 1. The number of nitrogens with zero attached hydrogens (tertiary/aromatic N) is 3. The summed E-state index contributed by atoms with van der Waals surface area (Å²) < 4.78 is 10.6. The van der Waals surface area contributed by atoms with Crippen molar-refractivity contribution in [1.29, 1.82) is 0 Å². The molecule has 0 N–H and O–H groups in total. The molecule has 3 aromatic rings. The molecule has 1 amide bonds. The van der Waals surface area contributed by atoms with E-state index in [1.165, 1.54) is 16.9 Å². The zero-order chi connectivity index (χ0) is 23.7. The fourth-order valence-electron chi connectivity index (χ4n) is 4.81. The molecule has 0 spiro atoms. The molecule has 34 heavy (non-hydrogen) atoms. The molecule has 2 aliphatic rings. The molecule has 7 heteroatoms. The van der Waals surface area contributed by atoms with Crippen LogP contribution in [-0.2, 0) is 0 Å². The highest BCUT2D eigenvalue weighted by Gasteiger charge is 2.44. The number of allylic oxidation sites excluding steroid dienone is 1. The number of aromatic nitrogens is 1. The summed E-state index contributed by atoms with van der Waals surface area (Å²) in [6.45, 7) is 1.87. The van der Waals surface area contributed by atoms with Gasteiger partial charge in [0.1, 0.15) is 16.4 Å². The Morgan fingerprint density at radius 2 is 1.74 bits per heavy atom. The molecule has 2 heterocycles. The number of amides is 1. The summed E-state index contributed by atoms with van der Waals surface area (Å²) in [5.41, 5.74) is 6.83. The first-order chi connectivity index (χ1) is 16.6. The second kappa shape index (κ2) is 9.43. The van der Waals surface area contributed by atoms with Crippen LogP contribution in [0, 0.1) is 12.8 Å². The van der Waals surface area contributed by atoms with Gasteiger partial charge in [-0.25, -0.2) is 9.99 Å². The fourth-order valence-corrected chi connectivity index (χ4v) is 5.55. The first kappa shape index (κ1) is 22.3. The van der Waals surface area contributed by atoms with Crippen molar-refractivity contribution in [2.45, 2.75) is 32.2 Å². The molecule has 6 nitrogen and oxygen atoms in total. The van der Waals surface area contributed by atoms with Crippen LogP contribution in [0.1, 0.15) is 51.8 Å². The van der Waals surface area contributed by atoms with Gasteiger partial charge in [-0.3, -0.25) is 4.79 Å². The Labute approximate surface area is 203 Å². The van der Waals surface area contributed by atoms with Crippen LogP contribution in [0.2, 0.25) is 0 Å². The third-order valence-corrected chi connectivity index (χ3v) is 7.48. The third-order valence-electron chi connectivity index (χ3n) is 6.56. The lowest BCUT2D eigenvalue weighted by molar-refractivity contribution is 0.0685. The van der Waals surface area contributed by atoms with Gasteiger partial charge in [-0.2, -0.15) is 5.10 Å². The minimum absolute atomic E-state index is 0.0912. The van der Waals surface area contributed by atoms with Crippen LogP contribution in [0.4, 0.5) is 0 Å². The average molecular weight is 474 g/mol. The van der Waals surface area contributed by atoms with Gasteiger partial charge in [0.05, 0.1) is 37.2 Å². The quantitative estimate of drug-likeness (QED) is 0.462. The Morgan fingerprint density at radius 3 is 2.35 bits per heavy atom. The zero-order valence-corrected chi connectivity index (χ0v) is 20.3. The van der Waals surface area contributed by atoms with Crippen LogP contribution in [0.5, 0.6) is 11.5 Å². The van der Waals surface area contributed by atoms with Crippen molar-refractivity contribution < 1.29 is 14.3 Å². The van der Waals surface area contributed by atoms with Crippen LogP contribution in [-0.4, -0.2) is 35.8 Å².